The largest absolute Gasteiger partial charge is 0.333 e. The summed E-state index contributed by atoms with van der Waals surface area (Å²) in [5.41, 5.74) is 8.59. The van der Waals surface area contributed by atoms with Crippen molar-refractivity contribution in [2.75, 3.05) is 7.05 Å². The van der Waals surface area contributed by atoms with Crippen molar-refractivity contribution in [3.8, 4) is 0 Å². The third-order valence-corrected chi connectivity index (χ3v) is 3.16. The van der Waals surface area contributed by atoms with Crippen LogP contribution in [0.3, 0.4) is 0 Å². The number of hydrogen-bond acceptors (Lipinski definition) is 3. The number of halogens is 1. The molecule has 0 aromatic heterocycles. The summed E-state index contributed by atoms with van der Waals surface area (Å²) in [6.45, 7) is 10.5. The number of carbonyl (C=O) groups is 2. The molecule has 1 rings (SSSR count). The second kappa shape index (κ2) is 15.0. The van der Waals surface area contributed by atoms with Crippen LogP contribution < -0.4 is 5.73 Å². The third kappa shape index (κ3) is 8.77. The summed E-state index contributed by atoms with van der Waals surface area (Å²) >= 11 is 3.54. The summed E-state index contributed by atoms with van der Waals surface area (Å²) in [6.07, 6.45) is 1.12. The highest BCUT2D eigenvalue weighted by atomic mass is 79.9. The lowest BCUT2D eigenvalue weighted by Gasteiger charge is -2.05. The van der Waals surface area contributed by atoms with Crippen LogP contribution in [0.25, 0.3) is 0 Å². The number of aryl methyl sites for hydroxylation is 3. The summed E-state index contributed by atoms with van der Waals surface area (Å²) in [5.74, 6) is 0. The first-order chi connectivity index (χ1) is 8.15. The van der Waals surface area contributed by atoms with Gasteiger partial charge in [0.15, 0.2) is 0 Å². The minimum atomic E-state index is 1.12. The lowest BCUT2D eigenvalue weighted by molar-refractivity contribution is -0.0987. The Morgan fingerprint density at radius 1 is 1.06 bits per heavy atom. The fraction of sp³-hybridized carbons (Fsp3) is 0.385. The Morgan fingerprint density at radius 2 is 1.35 bits per heavy atom. The molecule has 0 radical (unpaired) electrons. The van der Waals surface area contributed by atoms with E-state index in [1.165, 1.54) is 28.2 Å². The molecule has 4 heteroatoms. The van der Waals surface area contributed by atoms with E-state index < -0.39 is 0 Å². The number of rotatable bonds is 1. The van der Waals surface area contributed by atoms with Gasteiger partial charge in [-0.15, -0.1) is 0 Å². The molecule has 0 aliphatic rings. The van der Waals surface area contributed by atoms with Crippen LogP contribution in [0.15, 0.2) is 16.6 Å². The van der Waals surface area contributed by atoms with Gasteiger partial charge in [0.05, 0.1) is 0 Å². The number of nitrogens with two attached hydrogens (primary N) is 1. The van der Waals surface area contributed by atoms with Gasteiger partial charge in [-0.2, -0.15) is 0 Å². The van der Waals surface area contributed by atoms with Crippen LogP contribution in [0.1, 0.15) is 23.6 Å². The molecule has 0 atom stereocenters. The first-order valence-electron chi connectivity index (χ1n) is 5.06. The van der Waals surface area contributed by atoms with Crippen molar-refractivity contribution in [2.24, 2.45) is 5.73 Å². The standard InChI is InChI=1S/C10H13Br.CH5N.2CH2O/c1-4-9-5-7(2)10(11)8(3)6-9;3*1-2/h5-6H,4H2,1-3H3;2H2,1H3;2*1H2. The van der Waals surface area contributed by atoms with Crippen molar-refractivity contribution in [1.82, 2.24) is 0 Å². The lowest BCUT2D eigenvalue weighted by atomic mass is 10.1. The van der Waals surface area contributed by atoms with Gasteiger partial charge in [-0.25, -0.2) is 0 Å². The molecule has 0 unspecified atom stereocenters. The van der Waals surface area contributed by atoms with E-state index in [0.717, 1.165) is 6.42 Å². The van der Waals surface area contributed by atoms with Crippen molar-refractivity contribution >= 4 is 29.5 Å². The Morgan fingerprint density at radius 3 is 1.59 bits per heavy atom. The Kier molecular flexibility index (Phi) is 18.8. The molecule has 0 fully saturated rings. The van der Waals surface area contributed by atoms with E-state index in [1.54, 1.807) is 0 Å². The van der Waals surface area contributed by atoms with Gasteiger partial charge in [-0.1, -0.05) is 35.0 Å². The van der Waals surface area contributed by atoms with Crippen LogP contribution in [0.2, 0.25) is 0 Å². The smallest absolute Gasteiger partial charge is 0.106 e. The molecule has 0 saturated carbocycles. The van der Waals surface area contributed by atoms with Crippen LogP contribution in [-0.2, 0) is 16.0 Å². The topological polar surface area (TPSA) is 60.2 Å². The highest BCUT2D eigenvalue weighted by Crippen LogP contribution is 2.22. The number of benzene rings is 1. The van der Waals surface area contributed by atoms with Crippen LogP contribution >= 0.6 is 15.9 Å². The maximum absolute atomic E-state index is 8.00. The Bertz CT molecular complexity index is 278. The quantitative estimate of drug-likeness (QED) is 0.868. The molecule has 1 aromatic rings. The van der Waals surface area contributed by atoms with E-state index >= 15 is 0 Å². The molecule has 0 bridgehead atoms. The van der Waals surface area contributed by atoms with E-state index in [-0.39, 0.29) is 0 Å². The van der Waals surface area contributed by atoms with Gasteiger partial charge in [0, 0.05) is 4.47 Å². The van der Waals surface area contributed by atoms with E-state index in [2.05, 4.69) is 54.6 Å². The second-order valence-corrected chi connectivity index (χ2v) is 3.69. The molecule has 0 amide bonds. The average molecular weight is 304 g/mol. The fourth-order valence-corrected chi connectivity index (χ4v) is 1.47. The van der Waals surface area contributed by atoms with Crippen LogP contribution in [0, 0.1) is 13.8 Å². The molecule has 1 aromatic carbocycles. The summed E-state index contributed by atoms with van der Waals surface area (Å²) in [7, 11) is 1.50. The number of carbonyl (C=O) groups excluding carboxylic acids is 2. The Balaban J connectivity index is -0.000000285. The van der Waals surface area contributed by atoms with Gasteiger partial charge in [0.1, 0.15) is 13.6 Å². The SMILES string of the molecule is C=O.C=O.CCc1cc(C)c(Br)c(C)c1.CN. The van der Waals surface area contributed by atoms with Crippen molar-refractivity contribution < 1.29 is 9.59 Å². The third-order valence-electron chi connectivity index (χ3n) is 1.90. The maximum atomic E-state index is 8.00. The molecule has 98 valence electrons. The number of hydrogen-bond donors (Lipinski definition) is 1. The summed E-state index contributed by atoms with van der Waals surface area (Å²) < 4.78 is 1.25. The lowest BCUT2D eigenvalue weighted by Crippen LogP contribution is -1.86. The summed E-state index contributed by atoms with van der Waals surface area (Å²) in [6, 6.07) is 4.47. The maximum Gasteiger partial charge on any atom is 0.106 e. The first kappa shape index (κ1) is 21.3. The minimum Gasteiger partial charge on any atom is -0.333 e. The zero-order valence-electron chi connectivity index (χ0n) is 11.0. The van der Waals surface area contributed by atoms with Gasteiger partial charge in [-0.05, 0) is 44.0 Å². The molecular formula is C13H22BrNO2. The first-order valence-corrected chi connectivity index (χ1v) is 5.85. The molecular weight excluding hydrogens is 282 g/mol. The predicted octanol–water partition coefficient (Wildman–Crippen LogP) is 2.83. The molecule has 0 aliphatic heterocycles. The zero-order chi connectivity index (χ0) is 14.4. The highest BCUT2D eigenvalue weighted by Gasteiger charge is 1.99. The molecule has 3 nitrogen and oxygen atoms in total. The van der Waals surface area contributed by atoms with Gasteiger partial charge < -0.3 is 15.3 Å². The average Bonchev–Trinajstić information content (AvgIpc) is 2.42. The van der Waals surface area contributed by atoms with Crippen LogP contribution in [0.4, 0.5) is 0 Å². The molecule has 0 spiro atoms. The molecule has 17 heavy (non-hydrogen) atoms. The van der Waals surface area contributed by atoms with E-state index in [0.29, 0.717) is 0 Å². The van der Waals surface area contributed by atoms with Gasteiger partial charge in [0.2, 0.25) is 0 Å². The second-order valence-electron chi connectivity index (χ2n) is 2.90. The van der Waals surface area contributed by atoms with Crippen LogP contribution in [-0.4, -0.2) is 20.6 Å². The molecule has 0 heterocycles. The molecule has 0 saturated heterocycles. The van der Waals surface area contributed by atoms with E-state index in [1.807, 2.05) is 13.6 Å². The van der Waals surface area contributed by atoms with Gasteiger partial charge >= 0.3 is 0 Å². The fourth-order valence-electron chi connectivity index (χ4n) is 1.24. The van der Waals surface area contributed by atoms with E-state index in [9.17, 15) is 0 Å². The zero-order valence-corrected chi connectivity index (χ0v) is 12.6. The van der Waals surface area contributed by atoms with Gasteiger partial charge in [0.25, 0.3) is 0 Å². The minimum absolute atomic E-state index is 1.12. The van der Waals surface area contributed by atoms with Gasteiger partial charge in [-0.3, -0.25) is 0 Å². The Labute approximate surface area is 113 Å². The molecule has 2 N–H and O–H groups in total. The predicted molar refractivity (Wildman–Crippen MR) is 77.3 cm³/mol. The van der Waals surface area contributed by atoms with E-state index in [4.69, 9.17) is 9.59 Å². The van der Waals surface area contributed by atoms with Crippen molar-refractivity contribution in [3.63, 3.8) is 0 Å². The Hall–Kier alpha value is -1.00. The normalized spacial score (nSPS) is 7.41. The van der Waals surface area contributed by atoms with Crippen molar-refractivity contribution in [1.29, 1.82) is 0 Å². The summed E-state index contributed by atoms with van der Waals surface area (Å²) in [5, 5.41) is 0. The van der Waals surface area contributed by atoms with Crippen molar-refractivity contribution in [2.45, 2.75) is 27.2 Å². The molecule has 0 aliphatic carbocycles. The van der Waals surface area contributed by atoms with Crippen LogP contribution in [0.5, 0.6) is 0 Å². The highest BCUT2D eigenvalue weighted by molar-refractivity contribution is 9.10. The monoisotopic (exact) mass is 303 g/mol. The summed E-state index contributed by atoms with van der Waals surface area (Å²) in [4.78, 5) is 16.0. The van der Waals surface area contributed by atoms with Crippen molar-refractivity contribution in [3.05, 3.63) is 33.3 Å².